The summed E-state index contributed by atoms with van der Waals surface area (Å²) in [7, 11) is 1.44. The zero-order chi connectivity index (χ0) is 24.5. The summed E-state index contributed by atoms with van der Waals surface area (Å²) in [6.45, 7) is -0.228. The smallest absolute Gasteiger partial charge is 0.266 e. The van der Waals surface area contributed by atoms with Gasteiger partial charge < -0.3 is 20.1 Å². The van der Waals surface area contributed by atoms with Crippen LogP contribution in [0.4, 0.5) is 11.4 Å². The van der Waals surface area contributed by atoms with Crippen molar-refractivity contribution in [2.24, 2.45) is 0 Å². The maximum atomic E-state index is 12.5. The fourth-order valence-corrected chi connectivity index (χ4v) is 3.42. The molecule has 7 nitrogen and oxygen atoms in total. The molecule has 0 spiro atoms. The van der Waals surface area contributed by atoms with Crippen LogP contribution in [0.15, 0.2) is 72.3 Å². The van der Waals surface area contributed by atoms with Gasteiger partial charge in [0.2, 0.25) is 0 Å². The van der Waals surface area contributed by atoms with Crippen molar-refractivity contribution in [3.05, 3.63) is 87.9 Å². The minimum atomic E-state index is -0.627. The molecular formula is C25H19Cl2N3O4. The molecule has 2 amide bonds. The highest BCUT2D eigenvalue weighted by molar-refractivity contribution is 6.35. The number of methoxy groups -OCH3 is 1. The molecule has 0 atom stereocenters. The van der Waals surface area contributed by atoms with Gasteiger partial charge in [0, 0.05) is 21.4 Å². The van der Waals surface area contributed by atoms with Crippen LogP contribution in [0.25, 0.3) is 6.08 Å². The summed E-state index contributed by atoms with van der Waals surface area (Å²) >= 11 is 11.9. The minimum Gasteiger partial charge on any atom is -0.493 e. The number of halogens is 2. The number of nitrogens with zero attached hydrogens (tertiary/aromatic N) is 1. The Labute approximate surface area is 206 Å². The molecule has 0 saturated heterocycles. The summed E-state index contributed by atoms with van der Waals surface area (Å²) in [5, 5.41) is 15.5. The number of rotatable bonds is 8. The summed E-state index contributed by atoms with van der Waals surface area (Å²) in [5.41, 5.74) is 1.40. The molecule has 0 radical (unpaired) electrons. The van der Waals surface area contributed by atoms with Gasteiger partial charge in [-0.15, -0.1) is 0 Å². The average molecular weight is 496 g/mol. The second kappa shape index (κ2) is 11.8. The van der Waals surface area contributed by atoms with Crippen LogP contribution >= 0.6 is 23.2 Å². The summed E-state index contributed by atoms with van der Waals surface area (Å²) in [4.78, 5) is 24.7. The van der Waals surface area contributed by atoms with Gasteiger partial charge in [0.15, 0.2) is 18.1 Å². The number of benzene rings is 3. The van der Waals surface area contributed by atoms with E-state index in [9.17, 15) is 14.9 Å². The second-order valence-electron chi connectivity index (χ2n) is 6.90. The highest BCUT2D eigenvalue weighted by atomic mass is 35.5. The third-order valence-corrected chi connectivity index (χ3v) is 4.84. The van der Waals surface area contributed by atoms with Crippen LogP contribution < -0.4 is 20.1 Å². The molecule has 9 heteroatoms. The molecule has 0 fully saturated rings. The van der Waals surface area contributed by atoms with Gasteiger partial charge in [-0.2, -0.15) is 5.26 Å². The van der Waals surface area contributed by atoms with Gasteiger partial charge in [-0.25, -0.2) is 0 Å². The Hall–Kier alpha value is -3.99. The molecule has 2 N–H and O–H groups in total. The number of nitrogens with one attached hydrogen (secondary N) is 2. The number of nitriles is 1. The van der Waals surface area contributed by atoms with Crippen molar-refractivity contribution in [1.82, 2.24) is 0 Å². The van der Waals surface area contributed by atoms with E-state index in [0.717, 1.165) is 0 Å². The lowest BCUT2D eigenvalue weighted by molar-refractivity contribution is -0.118. The molecular weight excluding hydrogens is 477 g/mol. The summed E-state index contributed by atoms with van der Waals surface area (Å²) in [6, 6.07) is 20.3. The van der Waals surface area contributed by atoms with E-state index in [1.807, 2.05) is 24.3 Å². The Balaban J connectivity index is 1.69. The van der Waals surface area contributed by atoms with E-state index >= 15 is 0 Å². The van der Waals surface area contributed by atoms with Gasteiger partial charge in [-0.3, -0.25) is 9.59 Å². The number of carbonyl (C=O) groups is 2. The van der Waals surface area contributed by atoms with E-state index in [1.54, 1.807) is 30.3 Å². The second-order valence-corrected chi connectivity index (χ2v) is 7.77. The normalized spacial score (nSPS) is 10.7. The number of carbonyl (C=O) groups excluding carboxylic acids is 2. The molecule has 0 saturated carbocycles. The van der Waals surface area contributed by atoms with E-state index in [2.05, 4.69) is 10.6 Å². The van der Waals surface area contributed by atoms with Crippen molar-refractivity contribution in [1.29, 1.82) is 5.26 Å². The Bertz CT molecular complexity index is 1250. The summed E-state index contributed by atoms with van der Waals surface area (Å²) < 4.78 is 10.9. The van der Waals surface area contributed by atoms with Gasteiger partial charge in [-0.1, -0.05) is 47.5 Å². The SMILES string of the molecule is COc1cc(C=C(C#N)C(=O)Nc2cc(Cl)cc(Cl)c2)ccc1OCC(=O)Nc1ccccc1. The molecule has 34 heavy (non-hydrogen) atoms. The van der Waals surface area contributed by atoms with Gasteiger partial charge >= 0.3 is 0 Å². The Morgan fingerprint density at radius 2 is 1.65 bits per heavy atom. The van der Waals surface area contributed by atoms with Crippen molar-refractivity contribution in [3.8, 4) is 17.6 Å². The number of hydrogen-bond acceptors (Lipinski definition) is 5. The van der Waals surface area contributed by atoms with Crippen LogP contribution in [0.3, 0.4) is 0 Å². The van der Waals surface area contributed by atoms with E-state index in [0.29, 0.717) is 38.5 Å². The lowest BCUT2D eigenvalue weighted by atomic mass is 10.1. The quantitative estimate of drug-likeness (QED) is 0.314. The maximum Gasteiger partial charge on any atom is 0.266 e. The first-order valence-corrected chi connectivity index (χ1v) is 10.7. The van der Waals surface area contributed by atoms with Gasteiger partial charge in [0.1, 0.15) is 11.6 Å². The molecule has 0 aliphatic rings. The fourth-order valence-electron chi connectivity index (χ4n) is 2.89. The fraction of sp³-hybridized carbons (Fsp3) is 0.0800. The molecule has 172 valence electrons. The number of anilines is 2. The summed E-state index contributed by atoms with van der Waals surface area (Å²) in [5.74, 6) is -0.292. The van der Waals surface area contributed by atoms with E-state index in [-0.39, 0.29) is 18.1 Å². The van der Waals surface area contributed by atoms with Crippen molar-refractivity contribution < 1.29 is 19.1 Å². The van der Waals surface area contributed by atoms with Crippen LogP contribution in [0.2, 0.25) is 10.0 Å². The van der Waals surface area contributed by atoms with Crippen LogP contribution in [-0.2, 0) is 9.59 Å². The van der Waals surface area contributed by atoms with Crippen LogP contribution in [0.1, 0.15) is 5.56 Å². The first-order chi connectivity index (χ1) is 16.4. The topological polar surface area (TPSA) is 100 Å². The van der Waals surface area contributed by atoms with Crippen LogP contribution in [-0.4, -0.2) is 25.5 Å². The first kappa shape index (κ1) is 24.6. The molecule has 0 bridgehead atoms. The number of ether oxygens (including phenoxy) is 2. The third-order valence-electron chi connectivity index (χ3n) is 4.40. The molecule has 0 aliphatic carbocycles. The Morgan fingerprint density at radius 3 is 2.29 bits per heavy atom. The van der Waals surface area contributed by atoms with Crippen molar-refractivity contribution in [2.75, 3.05) is 24.4 Å². The van der Waals surface area contributed by atoms with Gasteiger partial charge in [-0.05, 0) is 54.1 Å². The lowest BCUT2D eigenvalue weighted by Crippen LogP contribution is -2.20. The maximum absolute atomic E-state index is 12.5. The van der Waals surface area contributed by atoms with E-state index in [1.165, 1.54) is 31.4 Å². The first-order valence-electron chi connectivity index (χ1n) is 9.93. The molecule has 3 rings (SSSR count). The predicted molar refractivity (Wildman–Crippen MR) is 132 cm³/mol. The summed E-state index contributed by atoms with van der Waals surface area (Å²) in [6.07, 6.45) is 1.40. The number of para-hydroxylation sites is 1. The number of hydrogen-bond donors (Lipinski definition) is 2. The zero-order valence-electron chi connectivity index (χ0n) is 18.0. The average Bonchev–Trinajstić information content (AvgIpc) is 2.81. The van der Waals surface area contributed by atoms with Crippen molar-refractivity contribution in [3.63, 3.8) is 0 Å². The predicted octanol–water partition coefficient (Wildman–Crippen LogP) is 5.57. The third kappa shape index (κ3) is 7.01. The highest BCUT2D eigenvalue weighted by Gasteiger charge is 2.13. The van der Waals surface area contributed by atoms with Crippen LogP contribution in [0, 0.1) is 11.3 Å². The van der Waals surface area contributed by atoms with Crippen molar-refractivity contribution in [2.45, 2.75) is 0 Å². The van der Waals surface area contributed by atoms with E-state index in [4.69, 9.17) is 32.7 Å². The lowest BCUT2D eigenvalue weighted by Gasteiger charge is -2.12. The highest BCUT2D eigenvalue weighted by Crippen LogP contribution is 2.29. The molecule has 3 aromatic carbocycles. The van der Waals surface area contributed by atoms with Gasteiger partial charge in [0.05, 0.1) is 7.11 Å². The molecule has 0 heterocycles. The number of amides is 2. The molecule has 3 aromatic rings. The monoisotopic (exact) mass is 495 g/mol. The standard InChI is InChI=1S/C25H19Cl2N3O4/c1-33-23-10-16(7-8-22(23)34-15-24(31)29-20-5-3-2-4-6-20)9-17(14-28)25(32)30-21-12-18(26)11-19(27)13-21/h2-13H,15H2,1H3,(H,29,31)(H,30,32). The van der Waals surface area contributed by atoms with Gasteiger partial charge in [0.25, 0.3) is 11.8 Å². The largest absolute Gasteiger partial charge is 0.493 e. The van der Waals surface area contributed by atoms with E-state index < -0.39 is 5.91 Å². The van der Waals surface area contributed by atoms with Crippen LogP contribution in [0.5, 0.6) is 11.5 Å². The molecule has 0 aromatic heterocycles. The minimum absolute atomic E-state index is 0.144. The zero-order valence-corrected chi connectivity index (χ0v) is 19.5. The Kier molecular flexibility index (Phi) is 8.52. The molecule has 0 unspecified atom stereocenters. The van der Waals surface area contributed by atoms with Crippen molar-refractivity contribution >= 4 is 52.5 Å². The Morgan fingerprint density at radius 1 is 0.941 bits per heavy atom. The molecule has 0 aliphatic heterocycles.